The van der Waals surface area contributed by atoms with Crippen molar-refractivity contribution in [1.29, 1.82) is 0 Å². The van der Waals surface area contributed by atoms with Crippen molar-refractivity contribution in [3.63, 3.8) is 0 Å². The van der Waals surface area contributed by atoms with Crippen LogP contribution >= 0.6 is 38.6 Å². The van der Waals surface area contributed by atoms with Crippen LogP contribution in [-0.4, -0.2) is 10.9 Å². The Morgan fingerprint density at radius 1 is 1.18 bits per heavy atom. The van der Waals surface area contributed by atoms with Gasteiger partial charge in [-0.25, -0.2) is 4.98 Å². The molecule has 0 aliphatic rings. The van der Waals surface area contributed by atoms with Crippen molar-refractivity contribution >= 4 is 61.3 Å². The molecule has 0 spiro atoms. The van der Waals surface area contributed by atoms with Gasteiger partial charge in [-0.05, 0) is 35.2 Å². The number of carbonyl (C=O) groups excluding carboxylic acids is 1. The van der Waals surface area contributed by atoms with E-state index >= 15 is 0 Å². The molecule has 0 unspecified atom stereocenters. The minimum absolute atomic E-state index is 0.165. The van der Waals surface area contributed by atoms with Gasteiger partial charge in [-0.15, -0.1) is 22.7 Å². The molecule has 1 amide bonds. The molecule has 110 valence electrons. The number of nitrogens with one attached hydrogen (secondary N) is 1. The zero-order valence-corrected chi connectivity index (χ0v) is 14.5. The molecule has 0 radical (unpaired) electrons. The second kappa shape index (κ2) is 7.00. The Morgan fingerprint density at radius 3 is 2.77 bits per heavy atom. The molecule has 2 aromatic heterocycles. The van der Waals surface area contributed by atoms with Crippen molar-refractivity contribution in [3.05, 3.63) is 68.3 Å². The number of thiophene rings is 1. The van der Waals surface area contributed by atoms with E-state index in [-0.39, 0.29) is 5.91 Å². The van der Waals surface area contributed by atoms with Gasteiger partial charge in [0.05, 0.1) is 0 Å². The SMILES string of the molecule is O=C(Nc1nccs1)/C(=C\c1cccs1)c1cccc(Br)c1. The molecule has 3 nitrogen and oxygen atoms in total. The van der Waals surface area contributed by atoms with E-state index in [1.807, 2.05) is 53.2 Å². The van der Waals surface area contributed by atoms with E-state index in [9.17, 15) is 4.79 Å². The predicted molar refractivity (Wildman–Crippen MR) is 97.1 cm³/mol. The lowest BCUT2D eigenvalue weighted by Gasteiger charge is -2.08. The fourth-order valence-electron chi connectivity index (χ4n) is 1.90. The van der Waals surface area contributed by atoms with E-state index in [4.69, 9.17) is 0 Å². The first-order valence-electron chi connectivity index (χ1n) is 6.44. The minimum Gasteiger partial charge on any atom is -0.298 e. The van der Waals surface area contributed by atoms with Gasteiger partial charge in [-0.3, -0.25) is 10.1 Å². The summed E-state index contributed by atoms with van der Waals surface area (Å²) in [7, 11) is 0. The molecule has 2 heterocycles. The number of carbonyl (C=O) groups is 1. The van der Waals surface area contributed by atoms with Crippen LogP contribution < -0.4 is 5.32 Å². The summed E-state index contributed by atoms with van der Waals surface area (Å²) in [5, 5.41) is 7.26. The van der Waals surface area contributed by atoms with Crippen molar-refractivity contribution < 1.29 is 4.79 Å². The van der Waals surface area contributed by atoms with Crippen molar-refractivity contribution in [2.24, 2.45) is 0 Å². The molecule has 1 aromatic carbocycles. The number of aromatic nitrogens is 1. The zero-order chi connectivity index (χ0) is 15.4. The maximum absolute atomic E-state index is 12.6. The molecule has 0 aliphatic heterocycles. The highest BCUT2D eigenvalue weighted by Crippen LogP contribution is 2.25. The van der Waals surface area contributed by atoms with Gasteiger partial charge in [0.2, 0.25) is 0 Å². The Kier molecular flexibility index (Phi) is 4.82. The molecule has 0 aliphatic carbocycles. The van der Waals surface area contributed by atoms with Crippen molar-refractivity contribution in [1.82, 2.24) is 4.98 Å². The van der Waals surface area contributed by atoms with Crippen LogP contribution in [0.15, 0.2) is 57.8 Å². The number of thiazole rings is 1. The third-order valence-electron chi connectivity index (χ3n) is 2.86. The first-order chi connectivity index (χ1) is 10.7. The first-order valence-corrected chi connectivity index (χ1v) is 8.99. The van der Waals surface area contributed by atoms with Gasteiger partial charge in [0.1, 0.15) is 0 Å². The number of anilines is 1. The fraction of sp³-hybridized carbons (Fsp3) is 0. The third kappa shape index (κ3) is 3.71. The summed E-state index contributed by atoms with van der Waals surface area (Å²) in [5.41, 5.74) is 1.47. The second-order valence-electron chi connectivity index (χ2n) is 4.38. The topological polar surface area (TPSA) is 42.0 Å². The molecule has 6 heteroatoms. The van der Waals surface area contributed by atoms with Crippen LogP contribution in [0.25, 0.3) is 11.6 Å². The Bertz CT molecular complexity index is 795. The summed E-state index contributed by atoms with van der Waals surface area (Å²) < 4.78 is 0.934. The van der Waals surface area contributed by atoms with E-state index in [1.54, 1.807) is 17.5 Å². The summed E-state index contributed by atoms with van der Waals surface area (Å²) in [6, 6.07) is 11.7. The smallest absolute Gasteiger partial charge is 0.258 e. The quantitative estimate of drug-likeness (QED) is 0.626. The number of halogens is 1. The van der Waals surface area contributed by atoms with Gasteiger partial charge >= 0.3 is 0 Å². The number of rotatable bonds is 4. The fourth-order valence-corrected chi connectivity index (χ4v) is 3.48. The molecule has 0 saturated heterocycles. The summed E-state index contributed by atoms with van der Waals surface area (Å²) in [6.45, 7) is 0. The van der Waals surface area contributed by atoms with Gasteiger partial charge in [-0.2, -0.15) is 0 Å². The number of benzene rings is 1. The molecule has 0 fully saturated rings. The molecule has 0 bridgehead atoms. The monoisotopic (exact) mass is 390 g/mol. The van der Waals surface area contributed by atoms with E-state index < -0.39 is 0 Å². The van der Waals surface area contributed by atoms with E-state index in [1.165, 1.54) is 11.3 Å². The third-order valence-corrected chi connectivity index (χ3v) is 4.86. The van der Waals surface area contributed by atoms with Crippen LogP contribution in [0.4, 0.5) is 5.13 Å². The highest BCUT2D eigenvalue weighted by Gasteiger charge is 2.14. The van der Waals surface area contributed by atoms with Crippen LogP contribution in [0.5, 0.6) is 0 Å². The molecule has 22 heavy (non-hydrogen) atoms. The molecule has 3 rings (SSSR count). The number of hydrogen-bond acceptors (Lipinski definition) is 4. The second-order valence-corrected chi connectivity index (χ2v) is 7.16. The molecular weight excluding hydrogens is 380 g/mol. The Balaban J connectivity index is 1.97. The largest absolute Gasteiger partial charge is 0.298 e. The zero-order valence-electron chi connectivity index (χ0n) is 11.3. The average Bonchev–Trinajstić information content (AvgIpc) is 3.18. The maximum atomic E-state index is 12.6. The normalized spacial score (nSPS) is 11.4. The minimum atomic E-state index is -0.165. The predicted octanol–water partition coefficient (Wildman–Crippen LogP) is 5.15. The van der Waals surface area contributed by atoms with Crippen molar-refractivity contribution in [2.45, 2.75) is 0 Å². The lowest BCUT2D eigenvalue weighted by atomic mass is 10.0. The summed E-state index contributed by atoms with van der Waals surface area (Å²) in [6.07, 6.45) is 3.57. The summed E-state index contributed by atoms with van der Waals surface area (Å²) in [5.74, 6) is -0.165. The molecule has 1 N–H and O–H groups in total. The molecular formula is C16H11BrN2OS2. The van der Waals surface area contributed by atoms with Crippen molar-refractivity contribution in [2.75, 3.05) is 5.32 Å². The lowest BCUT2D eigenvalue weighted by molar-refractivity contribution is -0.111. The standard InChI is InChI=1S/C16H11BrN2OS2/c17-12-4-1-3-11(9-12)14(10-13-5-2-7-21-13)15(20)19-16-18-6-8-22-16/h1-10H,(H,18,19,20)/b14-10-. The molecule has 0 saturated carbocycles. The van der Waals surface area contributed by atoms with Crippen LogP contribution in [0.2, 0.25) is 0 Å². The average molecular weight is 391 g/mol. The first kappa shape index (κ1) is 15.1. The van der Waals surface area contributed by atoms with Gasteiger partial charge < -0.3 is 0 Å². The van der Waals surface area contributed by atoms with Crippen molar-refractivity contribution in [3.8, 4) is 0 Å². The molecule has 0 atom stereocenters. The van der Waals surface area contributed by atoms with Gasteiger partial charge in [0, 0.05) is 26.5 Å². The van der Waals surface area contributed by atoms with Gasteiger partial charge in [0.25, 0.3) is 5.91 Å². The summed E-state index contributed by atoms with van der Waals surface area (Å²) >= 11 is 6.44. The van der Waals surface area contributed by atoms with Crippen LogP contribution in [0.1, 0.15) is 10.4 Å². The van der Waals surface area contributed by atoms with Crippen LogP contribution in [0, 0.1) is 0 Å². The Labute approximate surface area is 144 Å². The number of hydrogen-bond donors (Lipinski definition) is 1. The lowest BCUT2D eigenvalue weighted by Crippen LogP contribution is -2.13. The number of nitrogens with zero attached hydrogens (tertiary/aromatic N) is 1. The van der Waals surface area contributed by atoms with E-state index in [0.29, 0.717) is 10.7 Å². The Morgan fingerprint density at radius 2 is 2.09 bits per heavy atom. The van der Waals surface area contributed by atoms with Gasteiger partial charge in [-0.1, -0.05) is 34.1 Å². The maximum Gasteiger partial charge on any atom is 0.258 e. The van der Waals surface area contributed by atoms with Gasteiger partial charge in [0.15, 0.2) is 5.13 Å². The Hall–Kier alpha value is -1.76. The summed E-state index contributed by atoms with van der Waals surface area (Å²) in [4.78, 5) is 17.8. The van der Waals surface area contributed by atoms with E-state index in [0.717, 1.165) is 14.9 Å². The highest BCUT2D eigenvalue weighted by molar-refractivity contribution is 9.10. The molecule has 3 aromatic rings. The van der Waals surface area contributed by atoms with E-state index in [2.05, 4.69) is 26.2 Å². The number of amides is 1. The van der Waals surface area contributed by atoms with Crippen LogP contribution in [0.3, 0.4) is 0 Å². The highest BCUT2D eigenvalue weighted by atomic mass is 79.9. The van der Waals surface area contributed by atoms with Crippen LogP contribution in [-0.2, 0) is 4.79 Å².